The predicted molar refractivity (Wildman–Crippen MR) is 110 cm³/mol. The molecule has 1 atom stereocenters. The van der Waals surface area contributed by atoms with Gasteiger partial charge in [-0.1, -0.05) is 18.2 Å². The summed E-state index contributed by atoms with van der Waals surface area (Å²) >= 11 is 0. The van der Waals surface area contributed by atoms with Crippen LogP contribution in [0.1, 0.15) is 23.2 Å². The predicted octanol–water partition coefficient (Wildman–Crippen LogP) is 3.04. The van der Waals surface area contributed by atoms with Crippen molar-refractivity contribution in [2.45, 2.75) is 44.6 Å². The van der Waals surface area contributed by atoms with Crippen LogP contribution < -0.4 is 20.3 Å². The number of nitrogens with zero attached hydrogens (tertiary/aromatic N) is 1. The van der Waals surface area contributed by atoms with Gasteiger partial charge in [-0.2, -0.15) is 13.2 Å². The van der Waals surface area contributed by atoms with E-state index in [0.717, 1.165) is 43.0 Å². The van der Waals surface area contributed by atoms with E-state index < -0.39 is 12.1 Å². The third kappa shape index (κ3) is 5.70. The number of ether oxygens (including phenoxy) is 2. The van der Waals surface area contributed by atoms with Crippen molar-refractivity contribution >= 4 is 5.97 Å². The highest BCUT2D eigenvalue weighted by Gasteiger charge is 2.38. The molecule has 2 aromatic rings. The van der Waals surface area contributed by atoms with Crippen LogP contribution >= 0.6 is 0 Å². The lowest BCUT2D eigenvalue weighted by molar-refractivity contribution is -0.192. The van der Waals surface area contributed by atoms with Gasteiger partial charge in [0.15, 0.2) is 11.5 Å². The summed E-state index contributed by atoms with van der Waals surface area (Å²) in [5.41, 5.74) is 3.67. The Hall–Kier alpha value is -3.27. The van der Waals surface area contributed by atoms with Gasteiger partial charge in [0.1, 0.15) is 0 Å². The van der Waals surface area contributed by atoms with Gasteiger partial charge in [-0.15, -0.1) is 6.58 Å². The average Bonchev–Trinajstić information content (AvgIpc) is 3.22. The molecule has 2 N–H and O–H groups in total. The monoisotopic (exact) mass is 452 g/mol. The van der Waals surface area contributed by atoms with Gasteiger partial charge in [-0.25, -0.2) is 4.79 Å². The van der Waals surface area contributed by atoms with Crippen LogP contribution in [0.15, 0.2) is 47.8 Å². The maximum Gasteiger partial charge on any atom is 0.490 e. The zero-order chi connectivity index (χ0) is 23.3. The van der Waals surface area contributed by atoms with Crippen LogP contribution in [0.3, 0.4) is 0 Å². The van der Waals surface area contributed by atoms with Crippen LogP contribution in [0.25, 0.3) is 0 Å². The van der Waals surface area contributed by atoms with Crippen molar-refractivity contribution in [1.82, 2.24) is 9.88 Å². The topological polar surface area (TPSA) is 89.8 Å². The van der Waals surface area contributed by atoms with Crippen LogP contribution in [-0.2, 0) is 30.7 Å². The number of carbonyl (C=O) groups is 1. The van der Waals surface area contributed by atoms with Gasteiger partial charge in [0.25, 0.3) is 5.56 Å². The summed E-state index contributed by atoms with van der Waals surface area (Å²) in [6, 6.07) is 10.1. The van der Waals surface area contributed by atoms with Crippen LogP contribution in [0, 0.1) is 0 Å². The number of alkyl halides is 3. The van der Waals surface area contributed by atoms with Crippen molar-refractivity contribution in [2.24, 2.45) is 0 Å². The second-order valence-corrected chi connectivity index (χ2v) is 7.35. The fourth-order valence-electron chi connectivity index (χ4n) is 3.64. The smallest absolute Gasteiger partial charge is 0.475 e. The molecule has 4 rings (SSSR count). The number of hydrogen-bond donors (Lipinski definition) is 2. The number of aliphatic carboxylic acids is 1. The average molecular weight is 452 g/mol. The number of fused-ring (bicyclic) bond motifs is 2. The molecule has 2 aliphatic rings. The van der Waals surface area contributed by atoms with Crippen molar-refractivity contribution in [3.05, 3.63) is 70.2 Å². The van der Waals surface area contributed by atoms with Crippen LogP contribution in [0.2, 0.25) is 0 Å². The minimum atomic E-state index is -5.08. The van der Waals surface area contributed by atoms with E-state index >= 15 is 0 Å². The van der Waals surface area contributed by atoms with Gasteiger partial charge < -0.3 is 24.5 Å². The Morgan fingerprint density at radius 3 is 2.66 bits per heavy atom. The third-order valence-electron chi connectivity index (χ3n) is 5.17. The molecule has 7 nitrogen and oxygen atoms in total. The Morgan fingerprint density at radius 2 is 1.97 bits per heavy atom. The van der Waals surface area contributed by atoms with Crippen molar-refractivity contribution in [2.75, 3.05) is 6.79 Å². The number of carboxylic acid groups (broad SMARTS) is 1. The van der Waals surface area contributed by atoms with E-state index in [1.54, 1.807) is 12.1 Å². The van der Waals surface area contributed by atoms with Gasteiger partial charge in [0.05, 0.1) is 0 Å². The molecule has 1 aromatic carbocycles. The number of allylic oxidation sites excluding steroid dienone is 1. The molecule has 0 radical (unpaired) electrons. The molecule has 172 valence electrons. The molecule has 0 saturated carbocycles. The van der Waals surface area contributed by atoms with E-state index in [-0.39, 0.29) is 5.56 Å². The van der Waals surface area contributed by atoms with E-state index in [1.807, 2.05) is 22.8 Å². The lowest BCUT2D eigenvalue weighted by Crippen LogP contribution is -2.37. The standard InChI is InChI=1S/C20H22N2O3.C2HF3O2/c1-2-9-22-17-6-5-16(11-15(17)4-8-20(22)23)21-12-14-3-7-18-19(10-14)25-13-24-18;3-2(4,5)1(6)7/h2-4,7-8,10,16,21H,1,5-6,9,11-13H2;(H,6,7). The largest absolute Gasteiger partial charge is 0.490 e. The van der Waals surface area contributed by atoms with Crippen molar-refractivity contribution in [1.29, 1.82) is 0 Å². The van der Waals surface area contributed by atoms with Gasteiger partial charge in [0.2, 0.25) is 6.79 Å². The normalized spacial score (nSPS) is 16.5. The van der Waals surface area contributed by atoms with E-state index in [9.17, 15) is 18.0 Å². The fourth-order valence-corrected chi connectivity index (χ4v) is 3.64. The third-order valence-corrected chi connectivity index (χ3v) is 5.17. The molecule has 0 spiro atoms. The molecule has 0 fully saturated rings. The summed E-state index contributed by atoms with van der Waals surface area (Å²) in [6.45, 7) is 5.44. The number of hydrogen-bond acceptors (Lipinski definition) is 5. The molecule has 0 amide bonds. The first-order valence-electron chi connectivity index (χ1n) is 9.93. The second kappa shape index (κ2) is 9.90. The Bertz CT molecular complexity index is 1050. The van der Waals surface area contributed by atoms with Crippen LogP contribution in [0.5, 0.6) is 11.5 Å². The number of aromatic nitrogens is 1. The van der Waals surface area contributed by atoms with Gasteiger partial charge >= 0.3 is 12.1 Å². The lowest BCUT2D eigenvalue weighted by atomic mass is 9.91. The van der Waals surface area contributed by atoms with Crippen LogP contribution in [-0.4, -0.2) is 34.7 Å². The van der Waals surface area contributed by atoms with E-state index in [0.29, 0.717) is 19.4 Å². The molecular weight excluding hydrogens is 429 g/mol. The number of halogens is 3. The molecule has 0 bridgehead atoms. The summed E-state index contributed by atoms with van der Waals surface area (Å²) in [5.74, 6) is -1.12. The minimum absolute atomic E-state index is 0.0606. The lowest BCUT2D eigenvalue weighted by Gasteiger charge is -2.27. The van der Waals surface area contributed by atoms with Crippen LogP contribution in [0.4, 0.5) is 13.2 Å². The van der Waals surface area contributed by atoms with Crippen molar-refractivity contribution in [3.8, 4) is 11.5 Å². The van der Waals surface area contributed by atoms with Crippen molar-refractivity contribution in [3.63, 3.8) is 0 Å². The number of pyridine rings is 1. The van der Waals surface area contributed by atoms with E-state index in [2.05, 4.69) is 18.0 Å². The number of rotatable bonds is 5. The Kier molecular flexibility index (Phi) is 7.24. The first-order valence-corrected chi connectivity index (χ1v) is 9.93. The van der Waals surface area contributed by atoms with Gasteiger partial charge in [-0.3, -0.25) is 4.79 Å². The molecule has 10 heteroatoms. The Balaban J connectivity index is 0.000000360. The first-order chi connectivity index (χ1) is 15.2. The summed E-state index contributed by atoms with van der Waals surface area (Å²) in [6.07, 6.45) is -0.417. The zero-order valence-corrected chi connectivity index (χ0v) is 17.2. The molecular formula is C22H23F3N2O5. The number of benzene rings is 1. The van der Waals surface area contributed by atoms with E-state index in [4.69, 9.17) is 19.4 Å². The SMILES string of the molecule is C=CCn1c2c(ccc1=O)CC(NCc1ccc3c(c1)OCO3)CC2.O=C(O)C(F)(F)F. The summed E-state index contributed by atoms with van der Waals surface area (Å²) in [5, 5.41) is 10.8. The maximum atomic E-state index is 12.0. The van der Waals surface area contributed by atoms with Gasteiger partial charge in [-0.05, 0) is 42.5 Å². The van der Waals surface area contributed by atoms with Gasteiger partial charge in [0, 0.05) is 30.9 Å². The molecule has 2 heterocycles. The highest BCUT2D eigenvalue weighted by atomic mass is 19.4. The van der Waals surface area contributed by atoms with E-state index in [1.165, 1.54) is 11.1 Å². The quantitative estimate of drug-likeness (QED) is 0.678. The fraction of sp³-hybridized carbons (Fsp3) is 0.364. The highest BCUT2D eigenvalue weighted by molar-refractivity contribution is 5.73. The minimum Gasteiger partial charge on any atom is -0.475 e. The Labute approximate surface area is 182 Å². The molecule has 1 aromatic heterocycles. The zero-order valence-electron chi connectivity index (χ0n) is 17.2. The number of nitrogens with one attached hydrogen (secondary N) is 1. The summed E-state index contributed by atoms with van der Waals surface area (Å²) in [4.78, 5) is 20.9. The molecule has 1 aliphatic carbocycles. The maximum absolute atomic E-state index is 12.0. The molecule has 1 aliphatic heterocycles. The molecule has 32 heavy (non-hydrogen) atoms. The summed E-state index contributed by atoms with van der Waals surface area (Å²) < 4.78 is 44.4. The first kappa shape index (κ1) is 23.4. The summed E-state index contributed by atoms with van der Waals surface area (Å²) in [7, 11) is 0. The second-order valence-electron chi connectivity index (χ2n) is 7.35. The molecule has 1 unspecified atom stereocenters. The Morgan fingerprint density at radius 1 is 1.25 bits per heavy atom. The molecule has 0 saturated heterocycles. The highest BCUT2D eigenvalue weighted by Crippen LogP contribution is 2.32. The number of carboxylic acids is 1. The van der Waals surface area contributed by atoms with Crippen molar-refractivity contribution < 1.29 is 32.5 Å².